The first kappa shape index (κ1) is 29.8. The highest BCUT2D eigenvalue weighted by Crippen LogP contribution is 2.36. The molecule has 4 aromatic rings. The van der Waals surface area contributed by atoms with Crippen LogP contribution in [-0.4, -0.2) is 37.5 Å². The van der Waals surface area contributed by atoms with Crippen LogP contribution in [0, 0.1) is 0 Å². The molecule has 0 radical (unpaired) electrons. The summed E-state index contributed by atoms with van der Waals surface area (Å²) in [5.41, 5.74) is 1.68. The number of allylic oxidation sites excluding steroid dienone is 1. The SMILES string of the molecule is CCCOc1ccccc1[C@@H]1C(C(=O)OCCOC)=C(C)N=c2s/c(=C/c3ccc(-c4cc(Cl)ccc4Cl)o3)c(=O)n21. The summed E-state index contributed by atoms with van der Waals surface area (Å²) in [5, 5.41) is 1.01. The van der Waals surface area contributed by atoms with Gasteiger partial charge < -0.3 is 18.6 Å². The van der Waals surface area contributed by atoms with E-state index in [0.29, 0.717) is 60.1 Å². The number of fused-ring (bicyclic) bond motifs is 1. The number of benzene rings is 2. The van der Waals surface area contributed by atoms with Gasteiger partial charge in [0.15, 0.2) is 4.80 Å². The second-order valence-corrected chi connectivity index (χ2v) is 11.3. The second kappa shape index (κ2) is 13.1. The van der Waals surface area contributed by atoms with Gasteiger partial charge >= 0.3 is 5.97 Å². The molecule has 8 nitrogen and oxygen atoms in total. The molecule has 0 spiro atoms. The number of methoxy groups -OCH3 is 1. The summed E-state index contributed by atoms with van der Waals surface area (Å²) in [6, 6.07) is 15.2. The van der Waals surface area contributed by atoms with Gasteiger partial charge in [0.25, 0.3) is 5.56 Å². The number of ether oxygens (including phenoxy) is 3. The van der Waals surface area contributed by atoms with Crippen molar-refractivity contribution in [2.24, 2.45) is 4.99 Å². The van der Waals surface area contributed by atoms with Crippen LogP contribution in [0.15, 0.2) is 80.1 Å². The van der Waals surface area contributed by atoms with Crippen LogP contribution in [-0.2, 0) is 14.3 Å². The van der Waals surface area contributed by atoms with Crippen molar-refractivity contribution < 1.29 is 23.4 Å². The van der Waals surface area contributed by atoms with Gasteiger partial charge in [-0.3, -0.25) is 9.36 Å². The minimum Gasteiger partial charge on any atom is -0.493 e. The zero-order chi connectivity index (χ0) is 29.8. The third kappa shape index (κ3) is 6.10. The van der Waals surface area contributed by atoms with Gasteiger partial charge in [-0.05, 0) is 49.7 Å². The first-order chi connectivity index (χ1) is 20.3. The van der Waals surface area contributed by atoms with E-state index in [1.54, 1.807) is 43.3 Å². The molecule has 0 fully saturated rings. The molecule has 0 bridgehead atoms. The highest BCUT2D eigenvalue weighted by molar-refractivity contribution is 7.07. The number of rotatable bonds is 10. The van der Waals surface area contributed by atoms with Crippen LogP contribution < -0.4 is 19.6 Å². The molecule has 3 heterocycles. The van der Waals surface area contributed by atoms with Crippen molar-refractivity contribution in [1.29, 1.82) is 0 Å². The van der Waals surface area contributed by atoms with Crippen LogP contribution in [0.4, 0.5) is 0 Å². The monoisotopic (exact) mass is 626 g/mol. The number of hydrogen-bond donors (Lipinski definition) is 0. The Labute approximate surface area is 256 Å². The maximum atomic E-state index is 14.0. The fourth-order valence-corrected chi connectivity index (χ4v) is 6.02. The summed E-state index contributed by atoms with van der Waals surface area (Å²) in [4.78, 5) is 32.5. The van der Waals surface area contributed by atoms with E-state index in [0.717, 1.165) is 6.42 Å². The number of halogens is 2. The number of nitrogens with zero attached hydrogens (tertiary/aromatic N) is 2. The van der Waals surface area contributed by atoms with Crippen LogP contribution in [0.3, 0.4) is 0 Å². The van der Waals surface area contributed by atoms with Crippen molar-refractivity contribution in [2.45, 2.75) is 26.3 Å². The van der Waals surface area contributed by atoms with Gasteiger partial charge in [0.05, 0.1) is 34.0 Å². The highest BCUT2D eigenvalue weighted by atomic mass is 35.5. The van der Waals surface area contributed by atoms with Crippen molar-refractivity contribution in [3.05, 3.63) is 107 Å². The normalized spacial score (nSPS) is 15.0. The maximum Gasteiger partial charge on any atom is 0.338 e. The molecule has 0 amide bonds. The number of carbonyl (C=O) groups excluding carboxylic acids is 1. The molecule has 0 unspecified atom stereocenters. The van der Waals surface area contributed by atoms with Crippen LogP contribution in [0.5, 0.6) is 5.75 Å². The fourth-order valence-electron chi connectivity index (χ4n) is 4.61. The molecule has 0 N–H and O–H groups in total. The Balaban J connectivity index is 1.63. The maximum absolute atomic E-state index is 14.0. The van der Waals surface area contributed by atoms with Crippen molar-refractivity contribution in [1.82, 2.24) is 4.57 Å². The second-order valence-electron chi connectivity index (χ2n) is 9.42. The average Bonchev–Trinajstić information content (AvgIpc) is 3.56. The van der Waals surface area contributed by atoms with Gasteiger partial charge in [0.2, 0.25) is 0 Å². The van der Waals surface area contributed by atoms with E-state index < -0.39 is 12.0 Å². The minimum absolute atomic E-state index is 0.0642. The van der Waals surface area contributed by atoms with Crippen molar-refractivity contribution in [3.63, 3.8) is 0 Å². The van der Waals surface area contributed by atoms with E-state index in [9.17, 15) is 9.59 Å². The topological polar surface area (TPSA) is 92.3 Å². The average molecular weight is 628 g/mol. The minimum atomic E-state index is -0.816. The van der Waals surface area contributed by atoms with Crippen LogP contribution in [0.2, 0.25) is 10.0 Å². The third-order valence-corrected chi connectivity index (χ3v) is 8.08. The predicted octanol–water partition coefficient (Wildman–Crippen LogP) is 5.78. The highest BCUT2D eigenvalue weighted by Gasteiger charge is 2.35. The first-order valence-electron chi connectivity index (χ1n) is 13.3. The number of aromatic nitrogens is 1. The molecule has 1 atom stereocenters. The summed E-state index contributed by atoms with van der Waals surface area (Å²) in [5.74, 6) is 0.958. The fraction of sp³-hybridized carbons (Fsp3) is 0.258. The van der Waals surface area contributed by atoms with E-state index in [1.807, 2.05) is 31.2 Å². The van der Waals surface area contributed by atoms with Crippen molar-refractivity contribution in [3.8, 4) is 17.1 Å². The predicted molar refractivity (Wildman–Crippen MR) is 163 cm³/mol. The molecular weight excluding hydrogens is 599 g/mol. The summed E-state index contributed by atoms with van der Waals surface area (Å²) < 4.78 is 24.5. The molecule has 11 heteroatoms. The van der Waals surface area contributed by atoms with E-state index in [-0.39, 0.29) is 24.3 Å². The Hall–Kier alpha value is -3.63. The van der Waals surface area contributed by atoms with E-state index in [4.69, 9.17) is 41.8 Å². The number of para-hydroxylation sites is 1. The van der Waals surface area contributed by atoms with Gasteiger partial charge in [-0.25, -0.2) is 9.79 Å². The van der Waals surface area contributed by atoms with Gasteiger partial charge in [-0.15, -0.1) is 0 Å². The van der Waals surface area contributed by atoms with E-state index in [1.165, 1.54) is 23.0 Å². The Bertz CT molecular complexity index is 1840. The molecule has 1 aliphatic rings. The summed E-state index contributed by atoms with van der Waals surface area (Å²) in [6.45, 7) is 4.53. The zero-order valence-corrected chi connectivity index (χ0v) is 25.5. The van der Waals surface area contributed by atoms with Gasteiger partial charge in [0.1, 0.15) is 29.9 Å². The zero-order valence-electron chi connectivity index (χ0n) is 23.2. The Kier molecular flexibility index (Phi) is 9.33. The summed E-state index contributed by atoms with van der Waals surface area (Å²) in [7, 11) is 1.53. The smallest absolute Gasteiger partial charge is 0.338 e. The molecule has 2 aromatic heterocycles. The lowest BCUT2D eigenvalue weighted by Gasteiger charge is -2.26. The Morgan fingerprint density at radius 1 is 1.12 bits per heavy atom. The van der Waals surface area contributed by atoms with Crippen LogP contribution >= 0.6 is 34.5 Å². The van der Waals surface area contributed by atoms with E-state index in [2.05, 4.69) is 4.99 Å². The number of esters is 1. The lowest BCUT2D eigenvalue weighted by atomic mass is 9.95. The molecular formula is C31H28Cl2N2O6S. The number of thiazole rings is 1. The number of hydrogen-bond acceptors (Lipinski definition) is 8. The molecule has 0 saturated carbocycles. The quantitative estimate of drug-likeness (QED) is 0.164. The van der Waals surface area contributed by atoms with Crippen molar-refractivity contribution in [2.75, 3.05) is 26.9 Å². The Morgan fingerprint density at radius 3 is 2.71 bits per heavy atom. The molecule has 0 saturated heterocycles. The third-order valence-electron chi connectivity index (χ3n) is 6.53. The molecule has 218 valence electrons. The molecule has 42 heavy (non-hydrogen) atoms. The molecule has 2 aromatic carbocycles. The lowest BCUT2D eigenvalue weighted by molar-refractivity contribution is -0.140. The lowest BCUT2D eigenvalue weighted by Crippen LogP contribution is -2.40. The first-order valence-corrected chi connectivity index (χ1v) is 14.8. The Morgan fingerprint density at radius 2 is 1.93 bits per heavy atom. The molecule has 1 aliphatic heterocycles. The standard InChI is InChI=1S/C31H28Cl2N2O6S/c1-4-13-39-24-8-6-5-7-21(24)28-27(30(37)40-15-14-38-3)18(2)34-31-35(28)29(36)26(42-31)17-20-10-12-25(41-20)22-16-19(32)9-11-23(22)33/h5-12,16-17,28H,4,13-15H2,1-3H3/b26-17+/t28-/m1/s1. The van der Waals surface area contributed by atoms with Crippen molar-refractivity contribution >= 4 is 46.6 Å². The van der Waals surface area contributed by atoms with Gasteiger partial charge in [0, 0.05) is 29.3 Å². The van der Waals surface area contributed by atoms with Gasteiger partial charge in [-0.1, -0.05) is 59.7 Å². The summed E-state index contributed by atoms with van der Waals surface area (Å²) >= 11 is 13.7. The summed E-state index contributed by atoms with van der Waals surface area (Å²) in [6.07, 6.45) is 2.45. The largest absolute Gasteiger partial charge is 0.493 e. The number of carbonyl (C=O) groups is 1. The van der Waals surface area contributed by atoms with E-state index >= 15 is 0 Å². The molecule has 0 aliphatic carbocycles. The molecule has 5 rings (SSSR count). The van der Waals surface area contributed by atoms with Gasteiger partial charge in [-0.2, -0.15) is 0 Å². The number of furan rings is 1. The van der Waals surface area contributed by atoms with Crippen LogP contribution in [0.25, 0.3) is 17.4 Å². The van der Waals surface area contributed by atoms with Crippen LogP contribution in [0.1, 0.15) is 37.6 Å².